The average Bonchev–Trinajstić information content (AvgIpc) is 3.09. The Bertz CT molecular complexity index is 941. The van der Waals surface area contributed by atoms with E-state index in [1.165, 1.54) is 11.8 Å². The second-order valence-electron chi connectivity index (χ2n) is 5.58. The summed E-state index contributed by atoms with van der Waals surface area (Å²) in [5.41, 5.74) is 1.77. The van der Waals surface area contributed by atoms with Crippen molar-refractivity contribution in [3.63, 3.8) is 0 Å². The first kappa shape index (κ1) is 16.6. The summed E-state index contributed by atoms with van der Waals surface area (Å²) in [5, 5.41) is 2.13. The summed E-state index contributed by atoms with van der Waals surface area (Å²) in [6.07, 6.45) is 0. The van der Waals surface area contributed by atoms with Gasteiger partial charge in [0.25, 0.3) is 5.91 Å². The van der Waals surface area contributed by atoms with E-state index in [-0.39, 0.29) is 5.91 Å². The molecule has 4 rings (SSSR count). The Morgan fingerprint density at radius 3 is 2.44 bits per heavy atom. The predicted octanol–water partition coefficient (Wildman–Crippen LogP) is 4.94. The number of thioether (sulfide) groups is 2. The number of rotatable bonds is 1. The van der Waals surface area contributed by atoms with Crippen LogP contribution in [-0.4, -0.2) is 30.1 Å². The number of anilines is 1. The molecular weight excluding hydrogens is 374 g/mol. The highest BCUT2D eigenvalue weighted by atomic mass is 35.5. The zero-order chi connectivity index (χ0) is 17.6. The second-order valence-corrected chi connectivity index (χ2v) is 7.99. The van der Waals surface area contributed by atoms with Crippen LogP contribution in [0, 0.1) is 0 Å². The van der Waals surface area contributed by atoms with Gasteiger partial charge < -0.3 is 4.90 Å². The van der Waals surface area contributed by atoms with E-state index < -0.39 is 0 Å². The monoisotopic (exact) mass is 387 g/mol. The SMILES string of the molecule is CN1C(=O)/C(=C2/Sc3ccccc3N2C)SC1=Nc1ccccc1Cl. The normalized spacial score (nSPS) is 21.4. The Balaban J connectivity index is 1.72. The lowest BCUT2D eigenvalue weighted by Crippen LogP contribution is -2.24. The lowest BCUT2D eigenvalue weighted by atomic mass is 10.3. The Hall–Kier alpha value is -1.89. The molecule has 0 radical (unpaired) electrons. The lowest BCUT2D eigenvalue weighted by Gasteiger charge is -2.14. The van der Waals surface area contributed by atoms with Gasteiger partial charge in [0.15, 0.2) is 5.17 Å². The molecule has 0 unspecified atom stereocenters. The van der Waals surface area contributed by atoms with Gasteiger partial charge >= 0.3 is 0 Å². The summed E-state index contributed by atoms with van der Waals surface area (Å²) < 4.78 is 0. The van der Waals surface area contributed by atoms with Crippen LogP contribution in [0.4, 0.5) is 11.4 Å². The van der Waals surface area contributed by atoms with Crippen LogP contribution in [0.3, 0.4) is 0 Å². The van der Waals surface area contributed by atoms with Crippen molar-refractivity contribution in [2.45, 2.75) is 4.90 Å². The maximum absolute atomic E-state index is 12.8. The molecule has 4 nitrogen and oxygen atoms in total. The third kappa shape index (κ3) is 2.84. The van der Waals surface area contributed by atoms with Gasteiger partial charge in [-0.05, 0) is 36.0 Å². The molecule has 0 N–H and O–H groups in total. The molecule has 2 aromatic carbocycles. The zero-order valence-corrected chi connectivity index (χ0v) is 16.0. The molecule has 1 saturated heterocycles. The summed E-state index contributed by atoms with van der Waals surface area (Å²) >= 11 is 9.19. The number of carbonyl (C=O) groups is 1. The van der Waals surface area contributed by atoms with Gasteiger partial charge in [-0.15, -0.1) is 0 Å². The van der Waals surface area contributed by atoms with Crippen LogP contribution in [0.5, 0.6) is 0 Å². The van der Waals surface area contributed by atoms with E-state index in [1.807, 2.05) is 37.4 Å². The third-order valence-electron chi connectivity index (χ3n) is 3.98. The number of fused-ring (bicyclic) bond motifs is 1. The maximum Gasteiger partial charge on any atom is 0.269 e. The number of carbonyl (C=O) groups excluding carboxylic acids is 1. The van der Waals surface area contributed by atoms with E-state index in [9.17, 15) is 4.79 Å². The van der Waals surface area contributed by atoms with Crippen molar-refractivity contribution in [3.8, 4) is 0 Å². The summed E-state index contributed by atoms with van der Waals surface area (Å²) in [6.45, 7) is 0. The van der Waals surface area contributed by atoms with Crippen molar-refractivity contribution in [3.05, 3.63) is 63.5 Å². The van der Waals surface area contributed by atoms with E-state index in [0.717, 1.165) is 15.6 Å². The van der Waals surface area contributed by atoms with Crippen LogP contribution < -0.4 is 4.90 Å². The van der Waals surface area contributed by atoms with E-state index in [1.54, 1.807) is 29.8 Å². The minimum absolute atomic E-state index is 0.0436. The number of hydrogen-bond acceptors (Lipinski definition) is 5. The molecule has 0 spiro atoms. The highest BCUT2D eigenvalue weighted by Crippen LogP contribution is 2.49. The number of hydrogen-bond donors (Lipinski definition) is 0. The first-order chi connectivity index (χ1) is 12.1. The number of halogens is 1. The molecule has 1 fully saturated rings. The van der Waals surface area contributed by atoms with E-state index in [4.69, 9.17) is 11.6 Å². The van der Waals surface area contributed by atoms with E-state index in [0.29, 0.717) is 20.8 Å². The molecule has 0 saturated carbocycles. The standard InChI is InChI=1S/C18H14ClN3OS2/c1-21-13-9-5-6-10-14(13)24-17(21)15-16(23)22(2)18(25-15)20-12-8-4-3-7-11(12)19/h3-10H,1-2H3/b17-15-,20-18?. The second kappa shape index (κ2) is 6.44. The molecule has 2 aromatic rings. The largest absolute Gasteiger partial charge is 0.337 e. The third-order valence-corrected chi connectivity index (χ3v) is 6.78. The molecule has 7 heteroatoms. The number of amidine groups is 1. The van der Waals surface area contributed by atoms with E-state index >= 15 is 0 Å². The van der Waals surface area contributed by atoms with Gasteiger partial charge in [-0.2, -0.15) is 0 Å². The van der Waals surface area contributed by atoms with Crippen molar-refractivity contribution in [1.82, 2.24) is 4.90 Å². The molecule has 1 amide bonds. The molecule has 25 heavy (non-hydrogen) atoms. The van der Waals surface area contributed by atoms with Crippen molar-refractivity contribution in [2.24, 2.45) is 4.99 Å². The molecule has 2 aliphatic heterocycles. The number of para-hydroxylation sites is 2. The number of nitrogens with zero attached hydrogens (tertiary/aromatic N) is 3. The topological polar surface area (TPSA) is 35.9 Å². The van der Waals surface area contributed by atoms with Gasteiger partial charge in [0.2, 0.25) is 0 Å². The summed E-state index contributed by atoms with van der Waals surface area (Å²) in [7, 11) is 3.73. The molecule has 0 aliphatic carbocycles. The Morgan fingerprint density at radius 2 is 1.68 bits per heavy atom. The smallest absolute Gasteiger partial charge is 0.269 e. The number of amides is 1. The van der Waals surface area contributed by atoms with Gasteiger partial charge in [0, 0.05) is 19.0 Å². The van der Waals surface area contributed by atoms with Gasteiger partial charge in [-0.25, -0.2) is 4.99 Å². The summed E-state index contributed by atoms with van der Waals surface area (Å²) in [4.78, 5) is 22.8. The fraction of sp³-hybridized carbons (Fsp3) is 0.111. The van der Waals surface area contributed by atoms with Crippen LogP contribution in [0.25, 0.3) is 0 Å². The van der Waals surface area contributed by atoms with Crippen LogP contribution in [0.2, 0.25) is 5.02 Å². The van der Waals surface area contributed by atoms with Crippen molar-refractivity contribution < 1.29 is 4.79 Å². The highest BCUT2D eigenvalue weighted by Gasteiger charge is 2.37. The van der Waals surface area contributed by atoms with Crippen LogP contribution in [-0.2, 0) is 4.79 Å². The molecule has 2 aliphatic rings. The molecular formula is C18H14ClN3OS2. The van der Waals surface area contributed by atoms with Gasteiger partial charge in [0.1, 0.15) is 4.91 Å². The molecule has 0 aromatic heterocycles. The van der Waals surface area contributed by atoms with Crippen molar-refractivity contribution >= 4 is 57.6 Å². The quantitative estimate of drug-likeness (QED) is 0.649. The molecule has 0 atom stereocenters. The van der Waals surface area contributed by atoms with Crippen molar-refractivity contribution in [2.75, 3.05) is 19.0 Å². The van der Waals surface area contributed by atoms with Crippen molar-refractivity contribution in [1.29, 1.82) is 0 Å². The first-order valence-corrected chi connectivity index (χ1v) is 9.61. The summed E-state index contributed by atoms with van der Waals surface area (Å²) in [5.74, 6) is -0.0436. The Labute approximate surface area is 159 Å². The van der Waals surface area contributed by atoms with E-state index in [2.05, 4.69) is 22.0 Å². The summed E-state index contributed by atoms with van der Waals surface area (Å²) in [6, 6.07) is 15.5. The number of benzene rings is 2. The van der Waals surface area contributed by atoms with Gasteiger partial charge in [-0.1, -0.05) is 47.6 Å². The van der Waals surface area contributed by atoms with Gasteiger partial charge in [-0.3, -0.25) is 9.69 Å². The highest BCUT2D eigenvalue weighted by molar-refractivity contribution is 8.19. The maximum atomic E-state index is 12.8. The predicted molar refractivity (Wildman–Crippen MR) is 107 cm³/mol. The fourth-order valence-corrected chi connectivity index (χ4v) is 5.12. The fourth-order valence-electron chi connectivity index (χ4n) is 2.62. The molecule has 2 heterocycles. The number of likely N-dealkylation sites (N-methyl/N-ethyl adjacent to an activating group) is 1. The van der Waals surface area contributed by atoms with Crippen LogP contribution >= 0.6 is 35.1 Å². The molecule has 126 valence electrons. The zero-order valence-electron chi connectivity index (χ0n) is 13.6. The minimum Gasteiger partial charge on any atom is -0.337 e. The number of aliphatic imine (C=N–C) groups is 1. The Morgan fingerprint density at radius 1 is 0.960 bits per heavy atom. The van der Waals surface area contributed by atoms with Crippen LogP contribution in [0.1, 0.15) is 0 Å². The Kier molecular flexibility index (Phi) is 4.27. The first-order valence-electron chi connectivity index (χ1n) is 7.60. The van der Waals surface area contributed by atoms with Gasteiger partial charge in [0.05, 0.1) is 21.4 Å². The lowest BCUT2D eigenvalue weighted by molar-refractivity contribution is -0.121. The molecule has 0 bridgehead atoms. The van der Waals surface area contributed by atoms with Crippen LogP contribution in [0.15, 0.2) is 68.4 Å². The minimum atomic E-state index is -0.0436. The average molecular weight is 388 g/mol.